The smallest absolute Gasteiger partial charge is 0.251 e. The second kappa shape index (κ2) is 4.47. The molecule has 5 N–H and O–H groups in total. The van der Waals surface area contributed by atoms with Crippen LogP contribution in [0.3, 0.4) is 0 Å². The van der Waals surface area contributed by atoms with Gasteiger partial charge in [0.15, 0.2) is 0 Å². The quantitative estimate of drug-likeness (QED) is 0.586. The summed E-state index contributed by atoms with van der Waals surface area (Å²) in [6.07, 6.45) is 0.738. The molecule has 1 aromatic rings. The summed E-state index contributed by atoms with van der Waals surface area (Å²) >= 11 is 0. The molecule has 0 bridgehead atoms. The summed E-state index contributed by atoms with van der Waals surface area (Å²) in [5, 5.41) is 2.91. The predicted molar refractivity (Wildman–Crippen MR) is 65.3 cm³/mol. The Labute approximate surface area is 103 Å². The van der Waals surface area contributed by atoms with E-state index in [1.165, 1.54) is 13.1 Å². The molecule has 0 radical (unpaired) electrons. The van der Waals surface area contributed by atoms with Gasteiger partial charge in [-0.2, -0.15) is 9.97 Å². The SMILES string of the molecule is CN1C(=O)CCC(Nc2cc(N)nc(N)n2)C1=O. The Balaban J connectivity index is 2.14. The van der Waals surface area contributed by atoms with Crippen LogP contribution in [-0.4, -0.2) is 39.8 Å². The number of imide groups is 1. The van der Waals surface area contributed by atoms with Crippen LogP contribution in [0.5, 0.6) is 0 Å². The third-order valence-electron chi connectivity index (χ3n) is 2.74. The summed E-state index contributed by atoms with van der Waals surface area (Å²) in [7, 11) is 1.46. The van der Waals surface area contributed by atoms with Crippen LogP contribution >= 0.6 is 0 Å². The zero-order valence-electron chi connectivity index (χ0n) is 9.88. The van der Waals surface area contributed by atoms with Crippen LogP contribution < -0.4 is 16.8 Å². The number of aromatic nitrogens is 2. The summed E-state index contributed by atoms with van der Waals surface area (Å²) in [4.78, 5) is 31.9. The topological polar surface area (TPSA) is 127 Å². The van der Waals surface area contributed by atoms with Gasteiger partial charge in [-0.25, -0.2) is 0 Å². The molecule has 1 atom stereocenters. The first-order chi connectivity index (χ1) is 8.47. The molecule has 8 nitrogen and oxygen atoms in total. The lowest BCUT2D eigenvalue weighted by molar-refractivity contribution is -0.146. The minimum atomic E-state index is -0.499. The number of hydrogen-bond acceptors (Lipinski definition) is 7. The summed E-state index contributed by atoms with van der Waals surface area (Å²) < 4.78 is 0. The van der Waals surface area contributed by atoms with Crippen molar-refractivity contribution in [1.82, 2.24) is 14.9 Å². The number of nitrogens with two attached hydrogens (primary N) is 2. The number of carbonyl (C=O) groups is 2. The van der Waals surface area contributed by atoms with Crippen molar-refractivity contribution >= 4 is 29.4 Å². The van der Waals surface area contributed by atoms with Crippen LogP contribution in [0.25, 0.3) is 0 Å². The van der Waals surface area contributed by atoms with Crippen LogP contribution in [0, 0.1) is 0 Å². The number of amides is 2. The van der Waals surface area contributed by atoms with E-state index >= 15 is 0 Å². The first-order valence-corrected chi connectivity index (χ1v) is 5.44. The average molecular weight is 250 g/mol. The fourth-order valence-corrected chi connectivity index (χ4v) is 1.79. The Kier molecular flexibility index (Phi) is 3.00. The first-order valence-electron chi connectivity index (χ1n) is 5.44. The van der Waals surface area contributed by atoms with Crippen molar-refractivity contribution < 1.29 is 9.59 Å². The monoisotopic (exact) mass is 250 g/mol. The molecule has 0 spiro atoms. The number of nitrogens with zero attached hydrogens (tertiary/aromatic N) is 3. The second-order valence-corrected chi connectivity index (χ2v) is 4.06. The molecule has 18 heavy (non-hydrogen) atoms. The Bertz CT molecular complexity index is 483. The van der Waals surface area contributed by atoms with E-state index in [0.717, 1.165) is 4.90 Å². The van der Waals surface area contributed by atoms with Crippen molar-refractivity contribution in [2.45, 2.75) is 18.9 Å². The van der Waals surface area contributed by atoms with Gasteiger partial charge in [-0.15, -0.1) is 0 Å². The van der Waals surface area contributed by atoms with E-state index in [2.05, 4.69) is 15.3 Å². The Morgan fingerprint density at radius 1 is 1.39 bits per heavy atom. The average Bonchev–Trinajstić information content (AvgIpc) is 2.29. The third kappa shape index (κ3) is 2.31. The number of rotatable bonds is 2. The van der Waals surface area contributed by atoms with Gasteiger partial charge in [0.1, 0.15) is 17.7 Å². The zero-order valence-corrected chi connectivity index (χ0v) is 9.88. The molecule has 0 saturated carbocycles. The molecule has 1 fully saturated rings. The van der Waals surface area contributed by atoms with Gasteiger partial charge in [0.05, 0.1) is 0 Å². The second-order valence-electron chi connectivity index (χ2n) is 4.06. The highest BCUT2D eigenvalue weighted by Gasteiger charge is 2.31. The van der Waals surface area contributed by atoms with Crippen molar-refractivity contribution in [3.05, 3.63) is 6.07 Å². The number of hydrogen-bond donors (Lipinski definition) is 3. The molecule has 8 heteroatoms. The molecule has 2 rings (SSSR count). The molecule has 1 aromatic heterocycles. The summed E-state index contributed by atoms with van der Waals surface area (Å²) in [6, 6.07) is 0.987. The van der Waals surface area contributed by atoms with Crippen LogP contribution in [0.15, 0.2) is 6.07 Å². The largest absolute Gasteiger partial charge is 0.383 e. The van der Waals surface area contributed by atoms with Gasteiger partial charge in [-0.05, 0) is 6.42 Å². The van der Waals surface area contributed by atoms with Crippen molar-refractivity contribution in [2.75, 3.05) is 23.8 Å². The van der Waals surface area contributed by atoms with Crippen molar-refractivity contribution in [2.24, 2.45) is 0 Å². The summed E-state index contributed by atoms with van der Waals surface area (Å²) in [6.45, 7) is 0. The fraction of sp³-hybridized carbons (Fsp3) is 0.400. The highest BCUT2D eigenvalue weighted by atomic mass is 16.2. The molecule has 1 aliphatic rings. The summed E-state index contributed by atoms with van der Waals surface area (Å²) in [5.74, 6) is 0.158. The molecule has 1 saturated heterocycles. The van der Waals surface area contributed by atoms with Crippen LogP contribution in [-0.2, 0) is 9.59 Å². The van der Waals surface area contributed by atoms with Gasteiger partial charge < -0.3 is 16.8 Å². The zero-order chi connectivity index (χ0) is 13.3. The molecule has 96 valence electrons. The number of carbonyl (C=O) groups excluding carboxylic acids is 2. The first kappa shape index (κ1) is 12.1. The highest BCUT2D eigenvalue weighted by molar-refractivity contribution is 6.01. The maximum Gasteiger partial charge on any atom is 0.251 e. The van der Waals surface area contributed by atoms with Crippen LogP contribution in [0.4, 0.5) is 17.6 Å². The van der Waals surface area contributed by atoms with E-state index in [-0.39, 0.29) is 23.6 Å². The van der Waals surface area contributed by atoms with Gasteiger partial charge in [0.2, 0.25) is 11.9 Å². The maximum atomic E-state index is 11.8. The molecule has 2 heterocycles. The van der Waals surface area contributed by atoms with E-state index < -0.39 is 6.04 Å². The maximum absolute atomic E-state index is 11.8. The number of nitrogens with one attached hydrogen (secondary N) is 1. The van der Waals surface area contributed by atoms with Gasteiger partial charge in [0.25, 0.3) is 5.91 Å². The molecule has 1 aliphatic heterocycles. The lowest BCUT2D eigenvalue weighted by atomic mass is 10.0. The summed E-state index contributed by atoms with van der Waals surface area (Å²) in [5.41, 5.74) is 11.0. The van der Waals surface area contributed by atoms with Gasteiger partial charge in [0, 0.05) is 19.5 Å². The van der Waals surface area contributed by atoms with E-state index in [0.29, 0.717) is 18.7 Å². The van der Waals surface area contributed by atoms with Crippen molar-refractivity contribution in [3.8, 4) is 0 Å². The predicted octanol–water partition coefficient (Wildman–Crippen LogP) is -0.800. The Morgan fingerprint density at radius 3 is 2.78 bits per heavy atom. The molecular weight excluding hydrogens is 236 g/mol. The molecule has 0 aromatic carbocycles. The number of anilines is 3. The minimum Gasteiger partial charge on any atom is -0.383 e. The third-order valence-corrected chi connectivity index (χ3v) is 2.74. The molecule has 1 unspecified atom stereocenters. The van der Waals surface area contributed by atoms with Crippen molar-refractivity contribution in [1.29, 1.82) is 0 Å². The highest BCUT2D eigenvalue weighted by Crippen LogP contribution is 2.17. The van der Waals surface area contributed by atoms with Crippen LogP contribution in [0.2, 0.25) is 0 Å². The van der Waals surface area contributed by atoms with Crippen LogP contribution in [0.1, 0.15) is 12.8 Å². The lowest BCUT2D eigenvalue weighted by Crippen LogP contribution is -2.48. The minimum absolute atomic E-state index is 0.0326. The van der Waals surface area contributed by atoms with Crippen molar-refractivity contribution in [3.63, 3.8) is 0 Å². The number of piperidine rings is 1. The van der Waals surface area contributed by atoms with E-state index in [1.54, 1.807) is 0 Å². The van der Waals surface area contributed by atoms with E-state index in [4.69, 9.17) is 11.5 Å². The van der Waals surface area contributed by atoms with E-state index in [1.807, 2.05) is 0 Å². The normalized spacial score (nSPS) is 20.1. The van der Waals surface area contributed by atoms with Gasteiger partial charge in [-0.3, -0.25) is 14.5 Å². The molecule has 0 aliphatic carbocycles. The Morgan fingerprint density at radius 2 is 2.11 bits per heavy atom. The van der Waals surface area contributed by atoms with E-state index in [9.17, 15) is 9.59 Å². The number of likely N-dealkylation sites (N-methyl/N-ethyl adjacent to an activating group) is 1. The standard InChI is InChI=1S/C10H14N6O2/c1-16-8(17)3-2-5(9(16)18)13-7-4-6(11)14-10(12)15-7/h4-5H,2-3H2,1H3,(H5,11,12,13,14,15). The van der Waals surface area contributed by atoms with Gasteiger partial charge in [-0.1, -0.05) is 0 Å². The number of likely N-dealkylation sites (tertiary alicyclic amines) is 1. The lowest BCUT2D eigenvalue weighted by Gasteiger charge is -2.28. The molecule has 2 amide bonds. The van der Waals surface area contributed by atoms with Gasteiger partial charge >= 0.3 is 0 Å². The fourth-order valence-electron chi connectivity index (χ4n) is 1.79. The molecular formula is C10H14N6O2. The number of nitrogen functional groups attached to an aromatic ring is 2. The Hall–Kier alpha value is -2.38.